The Hall–Kier alpha value is -1.71. The molecule has 0 aliphatic carbocycles. The highest BCUT2D eigenvalue weighted by atomic mass is 16.4. The van der Waals surface area contributed by atoms with Gasteiger partial charge in [0.25, 0.3) is 0 Å². The van der Waals surface area contributed by atoms with Crippen molar-refractivity contribution in [3.8, 4) is 0 Å². The van der Waals surface area contributed by atoms with Gasteiger partial charge in [-0.3, -0.25) is 9.59 Å². The maximum atomic E-state index is 12.3. The Morgan fingerprint density at radius 1 is 1.04 bits per heavy atom. The summed E-state index contributed by atoms with van der Waals surface area (Å²) < 4.78 is 0. The molecule has 0 aromatic rings. The highest BCUT2D eigenvalue weighted by Gasteiger charge is 2.30. The molecule has 0 bridgehead atoms. The van der Waals surface area contributed by atoms with Crippen LogP contribution in [0.2, 0.25) is 0 Å². The molecule has 0 saturated heterocycles. The Labute approximate surface area is 142 Å². The Morgan fingerprint density at radius 3 is 2.04 bits per heavy atom. The van der Waals surface area contributed by atoms with E-state index in [-0.39, 0.29) is 12.3 Å². The lowest BCUT2D eigenvalue weighted by Crippen LogP contribution is -2.57. The van der Waals surface area contributed by atoms with E-state index in [1.54, 1.807) is 13.8 Å². The van der Waals surface area contributed by atoms with Crippen molar-refractivity contribution in [1.29, 1.82) is 0 Å². The van der Waals surface area contributed by atoms with Gasteiger partial charge < -0.3 is 32.3 Å². The molecule has 0 aliphatic rings. The van der Waals surface area contributed by atoms with Gasteiger partial charge in [0.15, 0.2) is 0 Å². The average Bonchev–Trinajstić information content (AvgIpc) is 2.49. The van der Waals surface area contributed by atoms with Gasteiger partial charge >= 0.3 is 5.97 Å². The highest BCUT2D eigenvalue weighted by Crippen LogP contribution is 2.06. The maximum Gasteiger partial charge on any atom is 0.326 e. The zero-order chi connectivity index (χ0) is 18.9. The Balaban J connectivity index is 4.88. The molecule has 9 heteroatoms. The third-order valence-electron chi connectivity index (χ3n) is 3.63. The van der Waals surface area contributed by atoms with Crippen molar-refractivity contribution >= 4 is 17.8 Å². The van der Waals surface area contributed by atoms with Gasteiger partial charge in [-0.1, -0.05) is 13.8 Å². The Kier molecular flexibility index (Phi) is 10.2. The number of hydrogen-bond acceptors (Lipinski definition) is 6. The lowest BCUT2D eigenvalue weighted by molar-refractivity contribution is -0.142. The lowest BCUT2D eigenvalue weighted by Gasteiger charge is -2.26. The third kappa shape index (κ3) is 7.71. The van der Waals surface area contributed by atoms with Crippen molar-refractivity contribution in [3.63, 3.8) is 0 Å². The van der Waals surface area contributed by atoms with Gasteiger partial charge in [-0.05, 0) is 38.6 Å². The number of hydrogen-bond donors (Lipinski definition) is 6. The first-order valence-corrected chi connectivity index (χ1v) is 8.09. The van der Waals surface area contributed by atoms with Crippen LogP contribution in [0.1, 0.15) is 40.0 Å². The minimum Gasteiger partial charge on any atom is -0.480 e. The first kappa shape index (κ1) is 22.3. The van der Waals surface area contributed by atoms with Crippen molar-refractivity contribution in [1.82, 2.24) is 10.6 Å². The van der Waals surface area contributed by atoms with Gasteiger partial charge in [0.2, 0.25) is 11.8 Å². The smallest absolute Gasteiger partial charge is 0.326 e. The van der Waals surface area contributed by atoms with Crippen molar-refractivity contribution in [2.45, 2.75) is 64.3 Å². The van der Waals surface area contributed by atoms with Crippen LogP contribution in [0, 0.1) is 5.92 Å². The molecule has 0 unspecified atom stereocenters. The quantitative estimate of drug-likeness (QED) is 0.248. The summed E-state index contributed by atoms with van der Waals surface area (Å²) in [5.74, 6) is -2.70. The van der Waals surface area contributed by atoms with Crippen molar-refractivity contribution in [2.75, 3.05) is 6.54 Å². The molecule has 0 aromatic carbocycles. The van der Waals surface area contributed by atoms with Crippen LogP contribution >= 0.6 is 0 Å². The van der Waals surface area contributed by atoms with E-state index in [0.717, 1.165) is 0 Å². The minimum atomic E-state index is -1.17. The Morgan fingerprint density at radius 2 is 1.62 bits per heavy atom. The third-order valence-corrected chi connectivity index (χ3v) is 3.63. The second-order valence-corrected chi connectivity index (χ2v) is 6.18. The summed E-state index contributed by atoms with van der Waals surface area (Å²) in [5, 5.41) is 23.4. The maximum absolute atomic E-state index is 12.3. The van der Waals surface area contributed by atoms with E-state index in [1.165, 1.54) is 6.92 Å². The molecular formula is C15H30N4O5. The molecule has 0 heterocycles. The van der Waals surface area contributed by atoms with Gasteiger partial charge in [-0.25, -0.2) is 4.79 Å². The number of unbranched alkanes of at least 4 members (excludes halogenated alkanes) is 1. The largest absolute Gasteiger partial charge is 0.480 e. The number of carbonyl (C=O) groups excluding carboxylic acids is 2. The van der Waals surface area contributed by atoms with Crippen LogP contribution in [-0.4, -0.2) is 58.8 Å². The molecule has 0 spiro atoms. The lowest BCUT2D eigenvalue weighted by atomic mass is 10.0. The summed E-state index contributed by atoms with van der Waals surface area (Å²) in [6.07, 6.45) is 0.417. The van der Waals surface area contributed by atoms with Crippen molar-refractivity contribution in [3.05, 3.63) is 0 Å². The molecule has 0 fully saturated rings. The highest BCUT2D eigenvalue weighted by molar-refractivity contribution is 5.92. The fourth-order valence-corrected chi connectivity index (χ4v) is 2.02. The monoisotopic (exact) mass is 346 g/mol. The van der Waals surface area contributed by atoms with Gasteiger partial charge in [0, 0.05) is 0 Å². The van der Waals surface area contributed by atoms with E-state index in [0.29, 0.717) is 19.4 Å². The molecule has 140 valence electrons. The zero-order valence-corrected chi connectivity index (χ0v) is 14.5. The molecule has 0 aromatic heterocycles. The molecule has 2 amide bonds. The van der Waals surface area contributed by atoms with E-state index in [1.807, 2.05) is 0 Å². The number of aliphatic hydroxyl groups excluding tert-OH is 1. The Bertz CT molecular complexity index is 428. The first-order chi connectivity index (χ1) is 11.1. The van der Waals surface area contributed by atoms with E-state index >= 15 is 0 Å². The number of aliphatic hydroxyl groups is 1. The summed E-state index contributed by atoms with van der Waals surface area (Å²) in [5.41, 5.74) is 10.9. The van der Waals surface area contributed by atoms with E-state index in [4.69, 9.17) is 11.5 Å². The summed E-state index contributed by atoms with van der Waals surface area (Å²) in [6.45, 7) is 5.24. The second-order valence-electron chi connectivity index (χ2n) is 6.18. The average molecular weight is 346 g/mol. The fourth-order valence-electron chi connectivity index (χ4n) is 2.02. The van der Waals surface area contributed by atoms with Crippen LogP contribution in [0.5, 0.6) is 0 Å². The molecule has 0 saturated carbocycles. The SMILES string of the molecule is CC(C)[C@H](NC(=O)[C@@H](N)[C@@H](C)O)C(=O)N[C@@H](CCCCN)C(=O)O. The second kappa shape index (κ2) is 11.0. The van der Waals surface area contributed by atoms with Crippen LogP contribution in [0.3, 0.4) is 0 Å². The molecule has 0 radical (unpaired) electrons. The van der Waals surface area contributed by atoms with Gasteiger partial charge in [-0.2, -0.15) is 0 Å². The number of carbonyl (C=O) groups is 3. The number of nitrogens with two attached hydrogens (primary N) is 2. The van der Waals surface area contributed by atoms with E-state index in [9.17, 15) is 24.6 Å². The van der Waals surface area contributed by atoms with Gasteiger partial charge in [0.05, 0.1) is 6.10 Å². The summed E-state index contributed by atoms with van der Waals surface area (Å²) in [4.78, 5) is 35.5. The summed E-state index contributed by atoms with van der Waals surface area (Å²) >= 11 is 0. The van der Waals surface area contributed by atoms with Crippen LogP contribution in [0.4, 0.5) is 0 Å². The number of carboxylic acids is 1. The summed E-state index contributed by atoms with van der Waals surface area (Å²) in [7, 11) is 0. The van der Waals surface area contributed by atoms with Gasteiger partial charge in [-0.15, -0.1) is 0 Å². The number of carboxylic acid groups (broad SMARTS) is 1. The number of nitrogens with one attached hydrogen (secondary N) is 2. The molecule has 24 heavy (non-hydrogen) atoms. The predicted octanol–water partition coefficient (Wildman–Crippen LogP) is -1.47. The molecule has 4 atom stereocenters. The zero-order valence-electron chi connectivity index (χ0n) is 14.5. The van der Waals surface area contributed by atoms with Gasteiger partial charge in [0.1, 0.15) is 18.1 Å². The predicted molar refractivity (Wildman–Crippen MR) is 88.9 cm³/mol. The fraction of sp³-hybridized carbons (Fsp3) is 0.800. The standard InChI is InChI=1S/C15H30N4O5/c1-8(2)12(19-13(21)11(17)9(3)20)14(22)18-10(15(23)24)6-4-5-7-16/h8-12,20H,4-7,16-17H2,1-3H3,(H,18,22)(H,19,21)(H,23,24)/t9-,10+,11+,12+/m1/s1. The number of rotatable bonds is 11. The number of aliphatic carboxylic acids is 1. The van der Waals surface area contributed by atoms with Crippen LogP contribution in [0.25, 0.3) is 0 Å². The topological polar surface area (TPSA) is 168 Å². The molecule has 0 aliphatic heterocycles. The van der Waals surface area contributed by atoms with Crippen molar-refractivity contribution in [2.24, 2.45) is 17.4 Å². The van der Waals surface area contributed by atoms with Crippen LogP contribution in [-0.2, 0) is 14.4 Å². The summed E-state index contributed by atoms with van der Waals surface area (Å²) in [6, 6.07) is -3.16. The minimum absolute atomic E-state index is 0.254. The molecule has 8 N–H and O–H groups in total. The van der Waals surface area contributed by atoms with Crippen LogP contribution < -0.4 is 22.1 Å². The van der Waals surface area contributed by atoms with Crippen molar-refractivity contribution < 1.29 is 24.6 Å². The molecule has 9 nitrogen and oxygen atoms in total. The molecular weight excluding hydrogens is 316 g/mol. The normalized spacial score (nSPS) is 16.1. The first-order valence-electron chi connectivity index (χ1n) is 8.09. The van der Waals surface area contributed by atoms with Crippen LogP contribution in [0.15, 0.2) is 0 Å². The molecule has 0 rings (SSSR count). The number of amides is 2. The van der Waals surface area contributed by atoms with E-state index in [2.05, 4.69) is 10.6 Å². The van der Waals surface area contributed by atoms with E-state index < -0.39 is 42.0 Å².